The van der Waals surface area contributed by atoms with E-state index in [2.05, 4.69) is 12.1 Å². The Morgan fingerprint density at radius 3 is 2.93 bits per heavy atom. The van der Waals surface area contributed by atoms with Gasteiger partial charge in [-0.25, -0.2) is 0 Å². The van der Waals surface area contributed by atoms with Crippen LogP contribution in [0.3, 0.4) is 0 Å². The number of ether oxygens (including phenoxy) is 1. The topological polar surface area (TPSA) is 35.2 Å². The lowest BCUT2D eigenvalue weighted by atomic mass is 9.88. The third-order valence-corrected chi connectivity index (χ3v) is 2.71. The summed E-state index contributed by atoms with van der Waals surface area (Å²) in [4.78, 5) is 0. The highest BCUT2D eigenvalue weighted by Gasteiger charge is 2.16. The lowest BCUT2D eigenvalue weighted by Gasteiger charge is -2.22. The van der Waals surface area contributed by atoms with E-state index in [1.54, 1.807) is 7.11 Å². The highest BCUT2D eigenvalue weighted by atomic mass is 35.5. The van der Waals surface area contributed by atoms with Gasteiger partial charge in [-0.05, 0) is 42.5 Å². The van der Waals surface area contributed by atoms with E-state index in [4.69, 9.17) is 10.5 Å². The molecule has 1 aliphatic rings. The average molecular weight is 214 g/mol. The van der Waals surface area contributed by atoms with E-state index in [-0.39, 0.29) is 18.4 Å². The minimum absolute atomic E-state index is 0. The highest BCUT2D eigenvalue weighted by Crippen LogP contribution is 2.30. The Bertz CT molecular complexity index is 314. The summed E-state index contributed by atoms with van der Waals surface area (Å²) in [7, 11) is 1.69. The van der Waals surface area contributed by atoms with Crippen LogP contribution in [-0.4, -0.2) is 7.11 Å². The molecule has 78 valence electrons. The maximum Gasteiger partial charge on any atom is 0.119 e. The van der Waals surface area contributed by atoms with Gasteiger partial charge in [0, 0.05) is 6.04 Å². The molecular formula is C11H16ClNO. The molecule has 1 atom stereocenters. The maximum atomic E-state index is 6.01. The van der Waals surface area contributed by atoms with Crippen LogP contribution >= 0.6 is 12.4 Å². The normalized spacial score (nSPS) is 19.4. The number of hydrogen-bond acceptors (Lipinski definition) is 2. The van der Waals surface area contributed by atoms with E-state index in [9.17, 15) is 0 Å². The number of benzene rings is 1. The van der Waals surface area contributed by atoms with Crippen molar-refractivity contribution in [3.05, 3.63) is 29.3 Å². The fourth-order valence-corrected chi connectivity index (χ4v) is 1.94. The molecule has 0 fully saturated rings. The zero-order valence-corrected chi connectivity index (χ0v) is 9.14. The van der Waals surface area contributed by atoms with Crippen LogP contribution in [0.2, 0.25) is 0 Å². The summed E-state index contributed by atoms with van der Waals surface area (Å²) in [6.45, 7) is 0. The molecule has 0 heterocycles. The maximum absolute atomic E-state index is 6.01. The Kier molecular flexibility index (Phi) is 3.78. The standard InChI is InChI=1S/C11H15NO.ClH/c1-13-9-6-5-8-3-2-4-11(12)10(8)7-9;/h5-7,11H,2-4,12H2,1H3;1H/t11-;/m1./s1. The Labute approximate surface area is 90.9 Å². The first-order chi connectivity index (χ1) is 6.31. The van der Waals surface area contributed by atoms with Gasteiger partial charge in [-0.3, -0.25) is 0 Å². The van der Waals surface area contributed by atoms with Crippen LogP contribution in [0.15, 0.2) is 18.2 Å². The largest absolute Gasteiger partial charge is 0.497 e. The minimum atomic E-state index is 0. The quantitative estimate of drug-likeness (QED) is 0.778. The molecule has 2 rings (SSSR count). The van der Waals surface area contributed by atoms with E-state index < -0.39 is 0 Å². The molecule has 0 aliphatic heterocycles. The Hall–Kier alpha value is -0.730. The summed E-state index contributed by atoms with van der Waals surface area (Å²) in [5.74, 6) is 0.913. The number of hydrogen-bond donors (Lipinski definition) is 1. The van der Waals surface area contributed by atoms with Crippen molar-refractivity contribution in [3.8, 4) is 5.75 Å². The third kappa shape index (κ3) is 2.02. The molecule has 0 saturated heterocycles. The van der Waals surface area contributed by atoms with Crippen LogP contribution in [-0.2, 0) is 6.42 Å². The predicted octanol–water partition coefficient (Wildman–Crippen LogP) is 2.45. The Morgan fingerprint density at radius 2 is 2.21 bits per heavy atom. The second kappa shape index (κ2) is 4.67. The smallest absolute Gasteiger partial charge is 0.119 e. The molecule has 1 aromatic rings. The van der Waals surface area contributed by atoms with Gasteiger partial charge in [0.2, 0.25) is 0 Å². The lowest BCUT2D eigenvalue weighted by Crippen LogP contribution is -2.17. The summed E-state index contributed by atoms with van der Waals surface area (Å²) in [6, 6.07) is 6.42. The van der Waals surface area contributed by atoms with Crippen molar-refractivity contribution in [1.82, 2.24) is 0 Å². The molecular weight excluding hydrogens is 198 g/mol. The lowest BCUT2D eigenvalue weighted by molar-refractivity contribution is 0.412. The molecule has 0 bridgehead atoms. The second-order valence-electron chi connectivity index (χ2n) is 3.56. The number of halogens is 1. The first-order valence-corrected chi connectivity index (χ1v) is 4.73. The molecule has 1 aliphatic carbocycles. The van der Waals surface area contributed by atoms with Crippen molar-refractivity contribution < 1.29 is 4.74 Å². The molecule has 3 heteroatoms. The van der Waals surface area contributed by atoms with E-state index in [1.807, 2.05) is 6.07 Å². The van der Waals surface area contributed by atoms with Crippen molar-refractivity contribution in [2.45, 2.75) is 25.3 Å². The number of methoxy groups -OCH3 is 1. The van der Waals surface area contributed by atoms with Crippen LogP contribution in [0.5, 0.6) is 5.75 Å². The van der Waals surface area contributed by atoms with Gasteiger partial charge < -0.3 is 10.5 Å². The average Bonchev–Trinajstić information content (AvgIpc) is 2.18. The highest BCUT2D eigenvalue weighted by molar-refractivity contribution is 5.85. The van der Waals surface area contributed by atoms with Gasteiger partial charge in [-0.1, -0.05) is 6.07 Å². The van der Waals surface area contributed by atoms with Crippen LogP contribution in [0.4, 0.5) is 0 Å². The fourth-order valence-electron chi connectivity index (χ4n) is 1.94. The summed E-state index contributed by atoms with van der Waals surface area (Å²) < 4.78 is 5.17. The molecule has 0 radical (unpaired) electrons. The Morgan fingerprint density at radius 1 is 1.43 bits per heavy atom. The number of rotatable bonds is 1. The molecule has 0 aromatic heterocycles. The van der Waals surface area contributed by atoms with E-state index in [0.717, 1.165) is 18.6 Å². The molecule has 0 unspecified atom stereocenters. The molecule has 2 nitrogen and oxygen atoms in total. The van der Waals surface area contributed by atoms with Gasteiger partial charge in [0.15, 0.2) is 0 Å². The summed E-state index contributed by atoms with van der Waals surface area (Å²) in [5.41, 5.74) is 8.67. The molecule has 14 heavy (non-hydrogen) atoms. The van der Waals surface area contributed by atoms with Gasteiger partial charge in [0.1, 0.15) is 5.75 Å². The van der Waals surface area contributed by atoms with E-state index in [0.29, 0.717) is 0 Å². The molecule has 0 saturated carbocycles. The van der Waals surface area contributed by atoms with Crippen LogP contribution in [0, 0.1) is 0 Å². The summed E-state index contributed by atoms with van der Waals surface area (Å²) in [5, 5.41) is 0. The second-order valence-corrected chi connectivity index (χ2v) is 3.56. The van der Waals surface area contributed by atoms with Crippen molar-refractivity contribution in [1.29, 1.82) is 0 Å². The first kappa shape index (κ1) is 11.3. The minimum Gasteiger partial charge on any atom is -0.497 e. The van der Waals surface area contributed by atoms with Crippen molar-refractivity contribution in [2.24, 2.45) is 5.73 Å². The molecule has 1 aromatic carbocycles. The summed E-state index contributed by atoms with van der Waals surface area (Å²) >= 11 is 0. The van der Waals surface area contributed by atoms with Crippen molar-refractivity contribution >= 4 is 12.4 Å². The number of nitrogens with two attached hydrogens (primary N) is 1. The molecule has 0 amide bonds. The van der Waals surface area contributed by atoms with Gasteiger partial charge in [0.25, 0.3) is 0 Å². The summed E-state index contributed by atoms with van der Waals surface area (Å²) in [6.07, 6.45) is 3.47. The fraction of sp³-hybridized carbons (Fsp3) is 0.455. The third-order valence-electron chi connectivity index (χ3n) is 2.71. The molecule has 2 N–H and O–H groups in total. The predicted molar refractivity (Wildman–Crippen MR) is 60.1 cm³/mol. The van der Waals surface area contributed by atoms with Crippen molar-refractivity contribution in [2.75, 3.05) is 7.11 Å². The van der Waals surface area contributed by atoms with Crippen LogP contribution < -0.4 is 10.5 Å². The SMILES string of the molecule is COc1ccc2c(c1)[C@H](N)CCC2.Cl. The Balaban J connectivity index is 0.000000980. The van der Waals surface area contributed by atoms with Crippen LogP contribution in [0.1, 0.15) is 30.0 Å². The zero-order valence-electron chi connectivity index (χ0n) is 8.32. The number of aryl methyl sites for hydroxylation is 1. The van der Waals surface area contributed by atoms with Gasteiger partial charge in [-0.2, -0.15) is 0 Å². The first-order valence-electron chi connectivity index (χ1n) is 4.73. The van der Waals surface area contributed by atoms with Crippen LogP contribution in [0.25, 0.3) is 0 Å². The van der Waals surface area contributed by atoms with E-state index >= 15 is 0 Å². The zero-order chi connectivity index (χ0) is 9.26. The molecule has 0 spiro atoms. The van der Waals surface area contributed by atoms with Crippen molar-refractivity contribution in [3.63, 3.8) is 0 Å². The van der Waals surface area contributed by atoms with Gasteiger partial charge >= 0.3 is 0 Å². The van der Waals surface area contributed by atoms with E-state index in [1.165, 1.54) is 17.5 Å². The monoisotopic (exact) mass is 213 g/mol. The number of fused-ring (bicyclic) bond motifs is 1. The van der Waals surface area contributed by atoms with Gasteiger partial charge in [-0.15, -0.1) is 12.4 Å². The van der Waals surface area contributed by atoms with Gasteiger partial charge in [0.05, 0.1) is 7.11 Å².